The molecule has 29 heavy (non-hydrogen) atoms. The van der Waals surface area contributed by atoms with Crippen LogP contribution >= 0.6 is 0 Å². The standard InChI is InChI=1S/C22H24BN3O3/c1-20(2)21(3,4)29-23(28-20)13-6-7-14-12(10-13)8-9-26-17-16(19(27)24-18(14)26)15-11-22(17,5)25-15/h6-10,15,25H,11H2,1-5H3. The Bertz CT molecular complexity index is 1260. The van der Waals surface area contributed by atoms with Crippen LogP contribution in [0.3, 0.4) is 0 Å². The van der Waals surface area contributed by atoms with Crippen LogP contribution in [0.25, 0.3) is 16.4 Å². The van der Waals surface area contributed by atoms with E-state index in [1.165, 1.54) is 0 Å². The minimum atomic E-state index is -0.411. The lowest BCUT2D eigenvalue weighted by Crippen LogP contribution is -2.47. The molecule has 2 atom stereocenters. The van der Waals surface area contributed by atoms with Crippen LogP contribution in [0.1, 0.15) is 58.3 Å². The number of nitrogens with one attached hydrogen (secondary N) is 1. The molecule has 3 aromatic rings. The van der Waals surface area contributed by atoms with Crippen LogP contribution < -0.4 is 16.3 Å². The number of pyridine rings is 1. The molecule has 6 nitrogen and oxygen atoms in total. The van der Waals surface area contributed by atoms with Crippen molar-refractivity contribution in [3.05, 3.63) is 52.1 Å². The second-order valence-electron chi connectivity index (χ2n) is 9.86. The molecular weight excluding hydrogens is 365 g/mol. The van der Waals surface area contributed by atoms with E-state index in [4.69, 9.17) is 9.31 Å². The molecule has 0 amide bonds. The number of hydrogen-bond acceptors (Lipinski definition) is 5. The number of nitrogens with zero attached hydrogens (tertiary/aromatic N) is 2. The summed E-state index contributed by atoms with van der Waals surface area (Å²) in [5, 5.41) is 5.49. The molecule has 2 saturated heterocycles. The molecule has 1 aromatic carbocycles. The minimum absolute atomic E-state index is 0.110. The van der Waals surface area contributed by atoms with E-state index in [1.807, 2.05) is 18.3 Å². The Morgan fingerprint density at radius 2 is 1.83 bits per heavy atom. The van der Waals surface area contributed by atoms with Crippen LogP contribution in [0.2, 0.25) is 0 Å². The largest absolute Gasteiger partial charge is 0.494 e. The molecule has 0 spiro atoms. The van der Waals surface area contributed by atoms with Crippen molar-refractivity contribution in [3.63, 3.8) is 0 Å². The fraction of sp³-hybridized carbons (Fsp3) is 0.455. The molecular formula is C22H24BN3O3. The summed E-state index contributed by atoms with van der Waals surface area (Å²) in [5.41, 5.74) is 2.57. The second-order valence-corrected chi connectivity index (χ2v) is 9.86. The molecule has 3 aliphatic heterocycles. The third kappa shape index (κ3) is 2.13. The van der Waals surface area contributed by atoms with Crippen LogP contribution in [0.5, 0.6) is 0 Å². The first-order valence-corrected chi connectivity index (χ1v) is 10.2. The van der Waals surface area contributed by atoms with Gasteiger partial charge < -0.3 is 13.7 Å². The Balaban J connectivity index is 1.52. The first-order chi connectivity index (χ1) is 13.6. The summed E-state index contributed by atoms with van der Waals surface area (Å²) in [4.78, 5) is 17.2. The summed E-state index contributed by atoms with van der Waals surface area (Å²) >= 11 is 0. The topological polar surface area (TPSA) is 64.9 Å². The molecule has 148 valence electrons. The van der Waals surface area contributed by atoms with Crippen molar-refractivity contribution in [2.45, 2.75) is 63.8 Å². The maximum Gasteiger partial charge on any atom is 0.494 e. The van der Waals surface area contributed by atoms with Gasteiger partial charge in [-0.1, -0.05) is 18.2 Å². The van der Waals surface area contributed by atoms with E-state index in [2.05, 4.69) is 61.5 Å². The van der Waals surface area contributed by atoms with Gasteiger partial charge in [-0.05, 0) is 58.0 Å². The molecule has 2 bridgehead atoms. The van der Waals surface area contributed by atoms with E-state index in [1.54, 1.807) is 0 Å². The lowest BCUT2D eigenvalue weighted by atomic mass is 9.78. The average Bonchev–Trinajstić information content (AvgIpc) is 3.17. The number of benzene rings is 1. The van der Waals surface area contributed by atoms with Crippen LogP contribution in [0.4, 0.5) is 0 Å². The number of aromatic nitrogens is 2. The maximum atomic E-state index is 12.8. The van der Waals surface area contributed by atoms with Crippen molar-refractivity contribution in [1.82, 2.24) is 14.7 Å². The molecule has 5 heterocycles. The normalized spacial score (nSPS) is 28.7. The summed E-state index contributed by atoms with van der Waals surface area (Å²) in [7, 11) is -0.411. The molecule has 0 saturated carbocycles. The lowest BCUT2D eigenvalue weighted by molar-refractivity contribution is 0.00578. The molecule has 2 unspecified atom stereocenters. The zero-order valence-corrected chi connectivity index (χ0v) is 17.4. The van der Waals surface area contributed by atoms with Crippen molar-refractivity contribution in [2.75, 3.05) is 0 Å². The van der Waals surface area contributed by atoms with Crippen molar-refractivity contribution < 1.29 is 9.31 Å². The van der Waals surface area contributed by atoms with E-state index in [9.17, 15) is 4.79 Å². The Kier molecular flexibility index (Phi) is 3.09. The molecule has 1 aliphatic carbocycles. The Morgan fingerprint density at radius 3 is 2.52 bits per heavy atom. The van der Waals surface area contributed by atoms with Gasteiger partial charge in [0, 0.05) is 17.6 Å². The molecule has 2 fully saturated rings. The van der Waals surface area contributed by atoms with Gasteiger partial charge in [-0.3, -0.25) is 10.1 Å². The summed E-state index contributed by atoms with van der Waals surface area (Å²) in [5.74, 6) is 0. The third-order valence-electron chi connectivity index (χ3n) is 7.38. The van der Waals surface area contributed by atoms with E-state index in [0.717, 1.165) is 33.9 Å². The molecule has 2 aromatic heterocycles. The number of rotatable bonds is 1. The third-order valence-corrected chi connectivity index (χ3v) is 7.38. The molecule has 0 radical (unpaired) electrons. The highest BCUT2D eigenvalue weighted by atomic mass is 16.7. The first kappa shape index (κ1) is 17.6. The number of fused-ring (bicyclic) bond motifs is 3. The highest BCUT2D eigenvalue weighted by Gasteiger charge is 2.54. The maximum absolute atomic E-state index is 12.8. The predicted octanol–water partition coefficient (Wildman–Crippen LogP) is 2.41. The van der Waals surface area contributed by atoms with Gasteiger partial charge in [0.05, 0.1) is 28.0 Å². The zero-order chi connectivity index (χ0) is 20.3. The monoisotopic (exact) mass is 389 g/mol. The van der Waals surface area contributed by atoms with Gasteiger partial charge in [0.1, 0.15) is 5.65 Å². The Morgan fingerprint density at radius 1 is 1.14 bits per heavy atom. The SMILES string of the molecule is CC12CC(N1)c1c2n2ccc3cc(B4OC(C)(C)C(C)(C)O4)ccc3c2nc1=O. The highest BCUT2D eigenvalue weighted by Crippen LogP contribution is 2.51. The lowest BCUT2D eigenvalue weighted by Gasteiger charge is -2.37. The van der Waals surface area contributed by atoms with E-state index in [-0.39, 0.29) is 28.3 Å². The van der Waals surface area contributed by atoms with Gasteiger partial charge in [0.2, 0.25) is 0 Å². The fourth-order valence-corrected chi connectivity index (χ4v) is 5.07. The van der Waals surface area contributed by atoms with Crippen molar-refractivity contribution >= 4 is 29.0 Å². The Labute approximate surface area is 169 Å². The van der Waals surface area contributed by atoms with Crippen molar-refractivity contribution in [3.8, 4) is 0 Å². The second kappa shape index (κ2) is 5.09. The summed E-state index contributed by atoms with van der Waals surface area (Å²) in [6.07, 6.45) is 2.99. The van der Waals surface area contributed by atoms with Crippen LogP contribution in [0.15, 0.2) is 35.3 Å². The van der Waals surface area contributed by atoms with Gasteiger partial charge in [0.15, 0.2) is 0 Å². The minimum Gasteiger partial charge on any atom is -0.399 e. The molecule has 4 aliphatic rings. The van der Waals surface area contributed by atoms with Gasteiger partial charge in [-0.15, -0.1) is 0 Å². The average molecular weight is 389 g/mol. The van der Waals surface area contributed by atoms with E-state index < -0.39 is 7.12 Å². The smallest absolute Gasteiger partial charge is 0.399 e. The van der Waals surface area contributed by atoms with Gasteiger partial charge >= 0.3 is 7.12 Å². The van der Waals surface area contributed by atoms with Crippen LogP contribution in [0, 0.1) is 0 Å². The fourth-order valence-electron chi connectivity index (χ4n) is 5.07. The summed E-state index contributed by atoms with van der Waals surface area (Å²) in [6, 6.07) is 8.36. The van der Waals surface area contributed by atoms with Crippen LogP contribution in [-0.4, -0.2) is 27.7 Å². The zero-order valence-electron chi connectivity index (χ0n) is 17.4. The quantitative estimate of drug-likeness (QED) is 0.512. The van der Waals surface area contributed by atoms with Crippen molar-refractivity contribution in [1.29, 1.82) is 0 Å². The summed E-state index contributed by atoms with van der Waals surface area (Å²) < 4.78 is 14.5. The predicted molar refractivity (Wildman–Crippen MR) is 113 cm³/mol. The molecule has 7 heteroatoms. The van der Waals surface area contributed by atoms with Gasteiger partial charge in [-0.25, -0.2) is 0 Å². The van der Waals surface area contributed by atoms with E-state index in [0.29, 0.717) is 5.65 Å². The number of hydrogen-bond donors (Lipinski definition) is 1. The molecule has 1 N–H and O–H groups in total. The molecule has 7 rings (SSSR count). The van der Waals surface area contributed by atoms with Crippen molar-refractivity contribution in [2.24, 2.45) is 0 Å². The Hall–Kier alpha value is -2.22. The van der Waals surface area contributed by atoms with Gasteiger partial charge in [-0.2, -0.15) is 4.98 Å². The highest BCUT2D eigenvalue weighted by molar-refractivity contribution is 6.62. The van der Waals surface area contributed by atoms with E-state index >= 15 is 0 Å². The van der Waals surface area contributed by atoms with Crippen LogP contribution in [-0.2, 0) is 14.8 Å². The van der Waals surface area contributed by atoms with Gasteiger partial charge in [0.25, 0.3) is 5.56 Å². The first-order valence-electron chi connectivity index (χ1n) is 10.2. The summed E-state index contributed by atoms with van der Waals surface area (Å²) in [6.45, 7) is 10.4.